The Labute approximate surface area is 90.8 Å². The molecule has 0 heterocycles. The Hall–Kier alpha value is -1.22. The molecule has 0 unspecified atom stereocenters. The van der Waals surface area contributed by atoms with Gasteiger partial charge >= 0.3 is 0 Å². The maximum atomic E-state index is 9.27. The van der Waals surface area contributed by atoms with Gasteiger partial charge in [0, 0.05) is 11.6 Å². The molecule has 1 aromatic rings. The summed E-state index contributed by atoms with van der Waals surface area (Å²) in [7, 11) is 0. The standard InChI is InChI=1S/C12H19NO2/c1-12(2,3)13-5-4-9-6-10(14)8-11(15)7-9/h6-8,13-15H,4-5H2,1-3H3. The molecule has 1 aromatic carbocycles. The molecular weight excluding hydrogens is 190 g/mol. The Morgan fingerprint density at radius 2 is 1.60 bits per heavy atom. The maximum absolute atomic E-state index is 9.27. The molecule has 15 heavy (non-hydrogen) atoms. The lowest BCUT2D eigenvalue weighted by atomic mass is 10.1. The summed E-state index contributed by atoms with van der Waals surface area (Å²) >= 11 is 0. The van der Waals surface area contributed by atoms with E-state index >= 15 is 0 Å². The SMILES string of the molecule is CC(C)(C)NCCc1cc(O)cc(O)c1. The molecule has 0 radical (unpaired) electrons. The van der Waals surface area contributed by atoms with Crippen LogP contribution in [0.5, 0.6) is 11.5 Å². The first-order valence-corrected chi connectivity index (χ1v) is 5.14. The average molecular weight is 209 g/mol. The second-order valence-electron chi connectivity index (χ2n) is 4.78. The van der Waals surface area contributed by atoms with Gasteiger partial charge in [-0.3, -0.25) is 0 Å². The first-order valence-electron chi connectivity index (χ1n) is 5.14. The van der Waals surface area contributed by atoms with Crippen molar-refractivity contribution in [2.24, 2.45) is 0 Å². The van der Waals surface area contributed by atoms with Gasteiger partial charge in [-0.25, -0.2) is 0 Å². The van der Waals surface area contributed by atoms with Crippen molar-refractivity contribution < 1.29 is 10.2 Å². The molecule has 0 saturated carbocycles. The van der Waals surface area contributed by atoms with E-state index in [0.29, 0.717) is 0 Å². The highest BCUT2D eigenvalue weighted by Gasteiger charge is 2.08. The zero-order valence-corrected chi connectivity index (χ0v) is 9.54. The molecule has 3 nitrogen and oxygen atoms in total. The minimum absolute atomic E-state index is 0.0961. The number of benzene rings is 1. The molecule has 0 aliphatic rings. The summed E-state index contributed by atoms with van der Waals surface area (Å²) < 4.78 is 0. The Morgan fingerprint density at radius 3 is 2.07 bits per heavy atom. The van der Waals surface area contributed by atoms with Gasteiger partial charge in [0.15, 0.2) is 0 Å². The smallest absolute Gasteiger partial charge is 0.119 e. The van der Waals surface area contributed by atoms with Gasteiger partial charge in [-0.05, 0) is 51.4 Å². The molecule has 0 aromatic heterocycles. The van der Waals surface area contributed by atoms with Crippen molar-refractivity contribution in [2.75, 3.05) is 6.54 Å². The van der Waals surface area contributed by atoms with E-state index in [1.807, 2.05) is 0 Å². The van der Waals surface area contributed by atoms with Crippen LogP contribution in [-0.2, 0) is 6.42 Å². The van der Waals surface area contributed by atoms with Gasteiger partial charge < -0.3 is 15.5 Å². The van der Waals surface area contributed by atoms with Crippen molar-refractivity contribution in [3.8, 4) is 11.5 Å². The molecule has 0 amide bonds. The van der Waals surface area contributed by atoms with E-state index in [1.54, 1.807) is 12.1 Å². The number of phenols is 2. The van der Waals surface area contributed by atoms with E-state index < -0.39 is 0 Å². The number of aromatic hydroxyl groups is 2. The summed E-state index contributed by atoms with van der Waals surface area (Å²) in [5.74, 6) is 0.224. The van der Waals surface area contributed by atoms with Crippen LogP contribution in [0.3, 0.4) is 0 Å². The second kappa shape index (κ2) is 4.53. The van der Waals surface area contributed by atoms with Crippen LogP contribution in [0.1, 0.15) is 26.3 Å². The third kappa shape index (κ3) is 4.70. The fourth-order valence-corrected chi connectivity index (χ4v) is 1.38. The lowest BCUT2D eigenvalue weighted by molar-refractivity contribution is 0.427. The Balaban J connectivity index is 2.51. The van der Waals surface area contributed by atoms with Gasteiger partial charge in [-0.2, -0.15) is 0 Å². The molecule has 0 bridgehead atoms. The van der Waals surface area contributed by atoms with E-state index in [1.165, 1.54) is 6.07 Å². The normalized spacial score (nSPS) is 11.7. The third-order valence-corrected chi connectivity index (χ3v) is 2.03. The molecule has 0 saturated heterocycles. The van der Waals surface area contributed by atoms with Crippen LogP contribution in [0.2, 0.25) is 0 Å². The highest BCUT2D eigenvalue weighted by molar-refractivity contribution is 5.36. The maximum Gasteiger partial charge on any atom is 0.119 e. The molecule has 0 fully saturated rings. The molecule has 3 heteroatoms. The van der Waals surface area contributed by atoms with E-state index in [4.69, 9.17) is 0 Å². The van der Waals surface area contributed by atoms with Gasteiger partial charge in [0.25, 0.3) is 0 Å². The fraction of sp³-hybridized carbons (Fsp3) is 0.500. The van der Waals surface area contributed by atoms with Crippen LogP contribution >= 0.6 is 0 Å². The second-order valence-corrected chi connectivity index (χ2v) is 4.78. The summed E-state index contributed by atoms with van der Waals surface area (Å²) in [5.41, 5.74) is 1.03. The first kappa shape index (κ1) is 11.9. The number of nitrogens with one attached hydrogen (secondary N) is 1. The molecule has 0 spiro atoms. The van der Waals surface area contributed by atoms with Crippen LogP contribution in [0.4, 0.5) is 0 Å². The zero-order chi connectivity index (χ0) is 11.5. The first-order chi connectivity index (χ1) is 6.87. The minimum atomic E-state index is 0.0961. The van der Waals surface area contributed by atoms with Crippen molar-refractivity contribution in [3.05, 3.63) is 23.8 Å². The van der Waals surface area contributed by atoms with Crippen molar-refractivity contribution in [2.45, 2.75) is 32.7 Å². The lowest BCUT2D eigenvalue weighted by Gasteiger charge is -2.20. The van der Waals surface area contributed by atoms with Gasteiger partial charge in [0.1, 0.15) is 11.5 Å². The summed E-state index contributed by atoms with van der Waals surface area (Å²) in [6, 6.07) is 4.68. The summed E-state index contributed by atoms with van der Waals surface area (Å²) in [5, 5.41) is 21.9. The molecule has 84 valence electrons. The Morgan fingerprint density at radius 1 is 1.07 bits per heavy atom. The van der Waals surface area contributed by atoms with Gasteiger partial charge in [0.05, 0.1) is 0 Å². The highest BCUT2D eigenvalue weighted by Crippen LogP contribution is 2.20. The summed E-state index contributed by atoms with van der Waals surface area (Å²) in [6.07, 6.45) is 0.791. The number of phenolic OH excluding ortho intramolecular Hbond substituents is 2. The molecule has 0 aliphatic carbocycles. The van der Waals surface area contributed by atoms with Crippen molar-refractivity contribution in [3.63, 3.8) is 0 Å². The van der Waals surface area contributed by atoms with Crippen molar-refractivity contribution >= 4 is 0 Å². The monoisotopic (exact) mass is 209 g/mol. The zero-order valence-electron chi connectivity index (χ0n) is 9.54. The quantitative estimate of drug-likeness (QED) is 0.714. The van der Waals surface area contributed by atoms with Crippen LogP contribution < -0.4 is 5.32 Å². The lowest BCUT2D eigenvalue weighted by Crippen LogP contribution is -2.37. The van der Waals surface area contributed by atoms with Gasteiger partial charge in [-0.1, -0.05) is 0 Å². The van der Waals surface area contributed by atoms with Crippen LogP contribution in [0, 0.1) is 0 Å². The van der Waals surface area contributed by atoms with Crippen LogP contribution in [0.25, 0.3) is 0 Å². The number of hydrogen-bond acceptors (Lipinski definition) is 3. The molecule has 0 atom stereocenters. The Kier molecular flexibility index (Phi) is 3.58. The number of hydrogen-bond donors (Lipinski definition) is 3. The van der Waals surface area contributed by atoms with E-state index in [0.717, 1.165) is 18.5 Å². The fourth-order valence-electron chi connectivity index (χ4n) is 1.38. The van der Waals surface area contributed by atoms with Crippen LogP contribution in [0.15, 0.2) is 18.2 Å². The predicted octanol–water partition coefficient (Wildman–Crippen LogP) is 2.03. The third-order valence-electron chi connectivity index (χ3n) is 2.03. The molecule has 0 aliphatic heterocycles. The minimum Gasteiger partial charge on any atom is -0.508 e. The predicted molar refractivity (Wildman–Crippen MR) is 61.2 cm³/mol. The topological polar surface area (TPSA) is 52.5 Å². The molecular formula is C12H19NO2. The number of rotatable bonds is 3. The van der Waals surface area contributed by atoms with Crippen molar-refractivity contribution in [1.29, 1.82) is 0 Å². The van der Waals surface area contributed by atoms with E-state index in [-0.39, 0.29) is 17.0 Å². The largest absolute Gasteiger partial charge is 0.508 e. The van der Waals surface area contributed by atoms with E-state index in [9.17, 15) is 10.2 Å². The molecule has 1 rings (SSSR count). The average Bonchev–Trinajstić information content (AvgIpc) is 1.99. The van der Waals surface area contributed by atoms with E-state index in [2.05, 4.69) is 26.1 Å². The van der Waals surface area contributed by atoms with Gasteiger partial charge in [0.2, 0.25) is 0 Å². The van der Waals surface area contributed by atoms with Gasteiger partial charge in [-0.15, -0.1) is 0 Å². The van der Waals surface area contributed by atoms with Crippen LogP contribution in [-0.4, -0.2) is 22.3 Å². The molecule has 3 N–H and O–H groups in total. The Bertz CT molecular complexity index is 309. The highest BCUT2D eigenvalue weighted by atomic mass is 16.3. The van der Waals surface area contributed by atoms with Crippen molar-refractivity contribution in [1.82, 2.24) is 5.32 Å². The summed E-state index contributed by atoms with van der Waals surface area (Å²) in [4.78, 5) is 0. The summed E-state index contributed by atoms with van der Waals surface area (Å²) in [6.45, 7) is 7.14.